The van der Waals surface area contributed by atoms with Crippen molar-refractivity contribution >= 4 is 40.3 Å². The predicted molar refractivity (Wildman–Crippen MR) is 75.4 cm³/mol. The Morgan fingerprint density at radius 1 is 1.44 bits per heavy atom. The first-order valence-electron chi connectivity index (χ1n) is 5.51. The van der Waals surface area contributed by atoms with Crippen molar-refractivity contribution in [2.45, 2.75) is 20.0 Å². The molecule has 0 radical (unpaired) electrons. The highest BCUT2D eigenvalue weighted by molar-refractivity contribution is 8.16. The first kappa shape index (κ1) is 13.2. The quantitative estimate of drug-likeness (QED) is 0.829. The fourth-order valence-electron chi connectivity index (χ4n) is 1.39. The Morgan fingerprint density at radius 3 is 2.61 bits per heavy atom. The van der Waals surface area contributed by atoms with Gasteiger partial charge in [0.25, 0.3) is 0 Å². The number of benzene rings is 1. The molecule has 0 bridgehead atoms. The number of aliphatic imine (C=N–C) groups is 1. The van der Waals surface area contributed by atoms with Crippen LogP contribution in [0, 0.1) is 0 Å². The minimum atomic E-state index is -0.550. The number of anilines is 1. The lowest BCUT2D eigenvalue weighted by Gasteiger charge is -2.33. The Kier molecular flexibility index (Phi) is 4.14. The Balaban J connectivity index is 2.06. The third kappa shape index (κ3) is 3.17. The minimum Gasteiger partial charge on any atom is -0.445 e. The molecule has 1 aliphatic heterocycles. The Morgan fingerprint density at radius 2 is 2.11 bits per heavy atom. The zero-order valence-electron chi connectivity index (χ0n) is 10.1. The lowest BCUT2D eigenvalue weighted by molar-refractivity contribution is 0.126. The average molecular weight is 285 g/mol. The summed E-state index contributed by atoms with van der Waals surface area (Å²) >= 11 is 7.34. The number of carbonyl (C=O) groups is 1. The van der Waals surface area contributed by atoms with E-state index in [2.05, 4.69) is 4.99 Å². The molecule has 0 atom stereocenters. The summed E-state index contributed by atoms with van der Waals surface area (Å²) in [5, 5.41) is 1.34. The number of halogens is 1. The fourth-order valence-corrected chi connectivity index (χ4v) is 2.28. The van der Waals surface area contributed by atoms with Crippen molar-refractivity contribution in [2.75, 3.05) is 10.8 Å². The second-order valence-corrected chi connectivity index (χ2v) is 5.35. The van der Waals surface area contributed by atoms with E-state index in [-0.39, 0.29) is 6.10 Å². The molecule has 2 rings (SSSR count). The lowest BCUT2D eigenvalue weighted by atomic mass is 10.3. The first-order valence-corrected chi connectivity index (χ1v) is 6.88. The van der Waals surface area contributed by atoms with E-state index in [1.807, 2.05) is 29.2 Å². The molecule has 1 aliphatic rings. The molecular formula is C12H13ClN2O2S. The van der Waals surface area contributed by atoms with E-state index < -0.39 is 6.09 Å². The van der Waals surface area contributed by atoms with Gasteiger partial charge in [-0.05, 0) is 38.1 Å². The number of ether oxygens (including phenoxy) is 1. The molecule has 1 amide bonds. The lowest BCUT2D eigenvalue weighted by Crippen LogP contribution is -2.39. The Hall–Kier alpha value is -1.20. The summed E-state index contributed by atoms with van der Waals surface area (Å²) in [5.74, 6) is 0.773. The zero-order valence-corrected chi connectivity index (χ0v) is 11.7. The number of nitrogens with zero attached hydrogens (tertiary/aromatic N) is 2. The third-order valence-corrected chi connectivity index (χ3v) is 3.42. The van der Waals surface area contributed by atoms with E-state index in [0.717, 1.165) is 11.6 Å². The maximum Gasteiger partial charge on any atom is 0.436 e. The Labute approximate surface area is 115 Å². The zero-order chi connectivity index (χ0) is 13.1. The molecule has 0 aromatic heterocycles. The van der Waals surface area contributed by atoms with Gasteiger partial charge < -0.3 is 9.64 Å². The highest BCUT2D eigenvalue weighted by atomic mass is 35.5. The van der Waals surface area contributed by atoms with Gasteiger partial charge in [-0.15, -0.1) is 0 Å². The first-order chi connectivity index (χ1) is 8.56. The molecule has 0 spiro atoms. The van der Waals surface area contributed by atoms with Crippen molar-refractivity contribution < 1.29 is 9.53 Å². The van der Waals surface area contributed by atoms with E-state index in [0.29, 0.717) is 10.2 Å². The normalized spacial score (nSPS) is 16.9. The Bertz CT molecular complexity index is 473. The maximum atomic E-state index is 11.4. The minimum absolute atomic E-state index is 0.157. The van der Waals surface area contributed by atoms with Gasteiger partial charge in [-0.1, -0.05) is 23.4 Å². The summed E-state index contributed by atoms with van der Waals surface area (Å²) in [6.45, 7) is 3.59. The molecule has 4 nitrogen and oxygen atoms in total. The smallest absolute Gasteiger partial charge is 0.436 e. The van der Waals surface area contributed by atoms with Crippen molar-refractivity contribution in [3.63, 3.8) is 0 Å². The highest BCUT2D eigenvalue weighted by Crippen LogP contribution is 2.30. The number of thioether (sulfide) groups is 1. The van der Waals surface area contributed by atoms with E-state index in [1.165, 1.54) is 11.8 Å². The largest absolute Gasteiger partial charge is 0.445 e. The van der Waals surface area contributed by atoms with Crippen molar-refractivity contribution in [2.24, 2.45) is 4.99 Å². The third-order valence-electron chi connectivity index (χ3n) is 2.22. The fraction of sp³-hybridized carbons (Fsp3) is 0.333. The van der Waals surface area contributed by atoms with Crippen LogP contribution in [0.25, 0.3) is 0 Å². The van der Waals surface area contributed by atoms with E-state index in [4.69, 9.17) is 16.3 Å². The molecule has 1 aromatic carbocycles. The SMILES string of the molecule is CC(C)OC(=O)/N=C1\SCN1c1ccc(Cl)cc1. The number of hydrogen-bond donors (Lipinski definition) is 0. The second-order valence-electron chi connectivity index (χ2n) is 4.00. The monoisotopic (exact) mass is 284 g/mol. The average Bonchev–Trinajstić information content (AvgIpc) is 2.27. The number of amides is 1. The molecule has 96 valence electrons. The van der Waals surface area contributed by atoms with Gasteiger partial charge in [-0.25, -0.2) is 4.79 Å². The molecule has 18 heavy (non-hydrogen) atoms. The van der Waals surface area contributed by atoms with Crippen LogP contribution >= 0.6 is 23.4 Å². The van der Waals surface area contributed by atoms with Crippen molar-refractivity contribution in [3.05, 3.63) is 29.3 Å². The molecule has 6 heteroatoms. The van der Waals surface area contributed by atoms with Crippen molar-refractivity contribution in [1.29, 1.82) is 0 Å². The topological polar surface area (TPSA) is 41.9 Å². The molecule has 0 aliphatic carbocycles. The van der Waals surface area contributed by atoms with Gasteiger partial charge in [0.2, 0.25) is 0 Å². The van der Waals surface area contributed by atoms with Gasteiger partial charge in [-0.2, -0.15) is 4.99 Å². The second kappa shape index (κ2) is 5.63. The van der Waals surface area contributed by atoms with Gasteiger partial charge in [0.1, 0.15) is 0 Å². The number of amidine groups is 1. The van der Waals surface area contributed by atoms with Crippen LogP contribution in [0.2, 0.25) is 5.02 Å². The summed E-state index contributed by atoms with van der Waals surface area (Å²) in [4.78, 5) is 17.3. The van der Waals surface area contributed by atoms with E-state index >= 15 is 0 Å². The van der Waals surface area contributed by atoms with Crippen LogP contribution < -0.4 is 4.90 Å². The standard InChI is InChI=1S/C12H13ClN2O2S/c1-8(2)17-12(16)14-11-15(7-18-11)10-5-3-9(13)4-6-10/h3-6,8H,7H2,1-2H3/b14-11-. The molecule has 0 unspecified atom stereocenters. The number of rotatable bonds is 2. The number of carbonyl (C=O) groups excluding carboxylic acids is 1. The molecule has 1 fully saturated rings. The van der Waals surface area contributed by atoms with Gasteiger partial charge in [0, 0.05) is 10.7 Å². The highest BCUT2D eigenvalue weighted by Gasteiger charge is 2.26. The predicted octanol–water partition coefficient (Wildman–Crippen LogP) is 3.75. The van der Waals surface area contributed by atoms with E-state index in [1.54, 1.807) is 13.8 Å². The summed E-state index contributed by atoms with van der Waals surface area (Å²) in [6, 6.07) is 7.41. The molecular weight excluding hydrogens is 272 g/mol. The number of hydrogen-bond acceptors (Lipinski definition) is 3. The summed E-state index contributed by atoms with van der Waals surface area (Å²) in [7, 11) is 0. The molecule has 0 N–H and O–H groups in total. The van der Waals surface area contributed by atoms with Gasteiger partial charge in [0.05, 0.1) is 12.0 Å². The van der Waals surface area contributed by atoms with Crippen LogP contribution in [0.3, 0.4) is 0 Å². The molecule has 1 aromatic rings. The summed E-state index contributed by atoms with van der Waals surface area (Å²) in [6.07, 6.45) is -0.706. The molecule has 0 saturated carbocycles. The van der Waals surface area contributed by atoms with E-state index in [9.17, 15) is 4.79 Å². The maximum absolute atomic E-state index is 11.4. The van der Waals surface area contributed by atoms with Gasteiger partial charge >= 0.3 is 6.09 Å². The summed E-state index contributed by atoms with van der Waals surface area (Å²) < 4.78 is 4.97. The van der Waals surface area contributed by atoms with Crippen LogP contribution in [0.15, 0.2) is 29.3 Å². The van der Waals surface area contributed by atoms with Crippen LogP contribution in [0.1, 0.15) is 13.8 Å². The van der Waals surface area contributed by atoms with Crippen LogP contribution in [-0.2, 0) is 4.74 Å². The van der Waals surface area contributed by atoms with Gasteiger partial charge in [0.15, 0.2) is 5.17 Å². The van der Waals surface area contributed by atoms with Crippen LogP contribution in [0.4, 0.5) is 10.5 Å². The summed E-state index contributed by atoms with van der Waals surface area (Å²) in [5.41, 5.74) is 0.967. The van der Waals surface area contributed by atoms with Crippen molar-refractivity contribution in [1.82, 2.24) is 0 Å². The van der Waals surface area contributed by atoms with Crippen molar-refractivity contribution in [3.8, 4) is 0 Å². The van der Waals surface area contributed by atoms with Crippen LogP contribution in [-0.4, -0.2) is 23.2 Å². The molecule has 1 heterocycles. The van der Waals surface area contributed by atoms with Gasteiger partial charge in [-0.3, -0.25) is 0 Å². The van der Waals surface area contributed by atoms with Crippen LogP contribution in [0.5, 0.6) is 0 Å². The molecule has 1 saturated heterocycles.